The fourth-order valence-corrected chi connectivity index (χ4v) is 2.76. The smallest absolute Gasteiger partial charge is 0.328 e. The van der Waals surface area contributed by atoms with Crippen molar-refractivity contribution in [2.24, 2.45) is 4.99 Å². The van der Waals surface area contributed by atoms with E-state index in [1.165, 1.54) is 23.8 Å². The molecule has 0 saturated carbocycles. The average molecular weight is 334 g/mol. The van der Waals surface area contributed by atoms with Crippen molar-refractivity contribution < 1.29 is 19.1 Å². The monoisotopic (exact) mass is 334 g/mol. The molecule has 0 N–H and O–H groups in total. The van der Waals surface area contributed by atoms with Crippen molar-refractivity contribution >= 4 is 34.9 Å². The van der Waals surface area contributed by atoms with Gasteiger partial charge in [-0.2, -0.15) is 0 Å². The maximum absolute atomic E-state index is 12.6. The molecule has 0 aliphatic carbocycles. The maximum atomic E-state index is 12.6. The number of benzene rings is 1. The van der Waals surface area contributed by atoms with Gasteiger partial charge in [0, 0.05) is 0 Å². The number of esters is 1. The van der Waals surface area contributed by atoms with E-state index in [0.717, 1.165) is 11.3 Å². The van der Waals surface area contributed by atoms with Crippen LogP contribution in [-0.2, 0) is 14.3 Å². The third-order valence-corrected chi connectivity index (χ3v) is 4.04. The van der Waals surface area contributed by atoms with E-state index in [0.29, 0.717) is 5.17 Å². The number of aliphatic imine (C=N–C) groups is 1. The standard InChI is InChI=1S/C16H18N2O4S/c1-10(15(20)22-3)18-14(19)13(17-16(18)23-4)9-11-5-7-12(21-2)8-6-11/h5-10H,1-4H3/b13-9-/t10-/m0/s1. The molecule has 1 aromatic carbocycles. The number of rotatable bonds is 4. The van der Waals surface area contributed by atoms with Crippen molar-refractivity contribution in [2.45, 2.75) is 13.0 Å². The van der Waals surface area contributed by atoms with E-state index < -0.39 is 12.0 Å². The minimum absolute atomic E-state index is 0.287. The number of carbonyl (C=O) groups excluding carboxylic acids is 2. The van der Waals surface area contributed by atoms with Gasteiger partial charge in [0.1, 0.15) is 17.5 Å². The minimum Gasteiger partial charge on any atom is -0.497 e. The SMILES string of the molecule is COC(=O)[C@H](C)N1C(=O)/C(=C/c2ccc(OC)cc2)N=C1SC. The predicted molar refractivity (Wildman–Crippen MR) is 90.2 cm³/mol. The van der Waals surface area contributed by atoms with Crippen LogP contribution in [0.1, 0.15) is 12.5 Å². The molecule has 1 amide bonds. The van der Waals surface area contributed by atoms with Gasteiger partial charge >= 0.3 is 5.97 Å². The van der Waals surface area contributed by atoms with E-state index in [1.54, 1.807) is 38.5 Å². The maximum Gasteiger partial charge on any atom is 0.328 e. The molecular formula is C16H18N2O4S. The van der Waals surface area contributed by atoms with Gasteiger partial charge in [-0.25, -0.2) is 9.79 Å². The Morgan fingerprint density at radius 3 is 2.48 bits per heavy atom. The highest BCUT2D eigenvalue weighted by Gasteiger charge is 2.37. The van der Waals surface area contributed by atoms with Crippen LogP contribution in [0.3, 0.4) is 0 Å². The van der Waals surface area contributed by atoms with Gasteiger partial charge in [-0.05, 0) is 37.0 Å². The minimum atomic E-state index is -0.722. The van der Waals surface area contributed by atoms with Gasteiger partial charge < -0.3 is 9.47 Å². The summed E-state index contributed by atoms with van der Waals surface area (Å²) in [5.74, 6) is -0.0620. The summed E-state index contributed by atoms with van der Waals surface area (Å²) >= 11 is 1.31. The van der Waals surface area contributed by atoms with Gasteiger partial charge in [0.2, 0.25) is 0 Å². The quantitative estimate of drug-likeness (QED) is 0.623. The van der Waals surface area contributed by atoms with Gasteiger partial charge in [0.15, 0.2) is 5.17 Å². The van der Waals surface area contributed by atoms with Crippen LogP contribution in [0.4, 0.5) is 0 Å². The lowest BCUT2D eigenvalue weighted by Crippen LogP contribution is -2.43. The van der Waals surface area contributed by atoms with E-state index in [2.05, 4.69) is 4.99 Å². The Morgan fingerprint density at radius 1 is 1.30 bits per heavy atom. The van der Waals surface area contributed by atoms with Crippen LogP contribution in [-0.4, -0.2) is 48.5 Å². The summed E-state index contributed by atoms with van der Waals surface area (Å²) in [6.45, 7) is 1.62. The van der Waals surface area contributed by atoms with Crippen molar-refractivity contribution in [3.8, 4) is 5.75 Å². The number of methoxy groups -OCH3 is 2. The Kier molecular flexibility index (Phi) is 5.44. The lowest BCUT2D eigenvalue weighted by atomic mass is 10.2. The Bertz CT molecular complexity index is 667. The first-order valence-corrected chi connectivity index (χ1v) is 8.14. The fraction of sp³-hybridized carbons (Fsp3) is 0.312. The van der Waals surface area contributed by atoms with Crippen molar-refractivity contribution in [3.63, 3.8) is 0 Å². The van der Waals surface area contributed by atoms with Gasteiger partial charge in [0.25, 0.3) is 5.91 Å². The Labute approximate surface area is 139 Å². The van der Waals surface area contributed by atoms with Crippen LogP contribution in [0.5, 0.6) is 5.75 Å². The lowest BCUT2D eigenvalue weighted by Gasteiger charge is -2.22. The highest BCUT2D eigenvalue weighted by Crippen LogP contribution is 2.25. The van der Waals surface area contributed by atoms with Crippen molar-refractivity contribution in [1.29, 1.82) is 0 Å². The van der Waals surface area contributed by atoms with Crippen molar-refractivity contribution in [3.05, 3.63) is 35.5 Å². The molecule has 0 aromatic heterocycles. The molecule has 1 heterocycles. The number of carbonyl (C=O) groups is 2. The highest BCUT2D eigenvalue weighted by atomic mass is 32.2. The summed E-state index contributed by atoms with van der Waals surface area (Å²) in [6, 6.07) is 6.56. The van der Waals surface area contributed by atoms with Crippen LogP contribution < -0.4 is 4.74 Å². The van der Waals surface area contributed by atoms with E-state index in [9.17, 15) is 9.59 Å². The number of nitrogens with zero attached hydrogens (tertiary/aromatic N) is 2. The number of hydrogen-bond donors (Lipinski definition) is 0. The van der Waals surface area contributed by atoms with Gasteiger partial charge in [0.05, 0.1) is 14.2 Å². The summed E-state index contributed by atoms with van der Waals surface area (Å²) in [5, 5.41) is 0.479. The zero-order chi connectivity index (χ0) is 17.0. The van der Waals surface area contributed by atoms with Crippen LogP contribution >= 0.6 is 11.8 Å². The van der Waals surface area contributed by atoms with Gasteiger partial charge in [-0.15, -0.1) is 0 Å². The summed E-state index contributed by atoms with van der Waals surface area (Å²) < 4.78 is 9.82. The number of amidine groups is 1. The van der Waals surface area contributed by atoms with E-state index in [4.69, 9.17) is 9.47 Å². The average Bonchev–Trinajstić information content (AvgIpc) is 2.90. The summed E-state index contributed by atoms with van der Waals surface area (Å²) in [5.41, 5.74) is 1.11. The molecule has 1 atom stereocenters. The molecule has 1 aliphatic rings. The van der Waals surface area contributed by atoms with Crippen LogP contribution in [0.2, 0.25) is 0 Å². The summed E-state index contributed by atoms with van der Waals surface area (Å²) in [7, 11) is 2.89. The molecule has 0 unspecified atom stereocenters. The van der Waals surface area contributed by atoms with E-state index in [-0.39, 0.29) is 11.6 Å². The third kappa shape index (κ3) is 3.56. The molecule has 7 heteroatoms. The fourth-order valence-electron chi connectivity index (χ4n) is 2.13. The summed E-state index contributed by atoms with van der Waals surface area (Å²) in [4.78, 5) is 30.0. The first kappa shape index (κ1) is 17.1. The molecular weight excluding hydrogens is 316 g/mol. The third-order valence-electron chi connectivity index (χ3n) is 3.39. The second kappa shape index (κ2) is 7.32. The Morgan fingerprint density at radius 2 is 1.96 bits per heavy atom. The molecule has 0 radical (unpaired) electrons. The van der Waals surface area contributed by atoms with Crippen molar-refractivity contribution in [1.82, 2.24) is 4.90 Å². The second-order valence-corrected chi connectivity index (χ2v) is 5.55. The molecule has 122 valence electrons. The Hall–Kier alpha value is -2.28. The van der Waals surface area contributed by atoms with E-state index >= 15 is 0 Å². The molecule has 0 saturated heterocycles. The van der Waals surface area contributed by atoms with Crippen molar-refractivity contribution in [2.75, 3.05) is 20.5 Å². The highest BCUT2D eigenvalue weighted by molar-refractivity contribution is 8.13. The van der Waals surface area contributed by atoms with Crippen LogP contribution in [0.25, 0.3) is 6.08 Å². The molecule has 0 fully saturated rings. The number of amides is 1. The molecule has 0 bridgehead atoms. The summed E-state index contributed by atoms with van der Waals surface area (Å²) in [6.07, 6.45) is 3.49. The molecule has 1 aliphatic heterocycles. The normalized spacial score (nSPS) is 17.2. The zero-order valence-corrected chi connectivity index (χ0v) is 14.2. The van der Waals surface area contributed by atoms with Crippen LogP contribution in [0, 0.1) is 0 Å². The number of ether oxygens (including phenoxy) is 2. The predicted octanol–water partition coefficient (Wildman–Crippen LogP) is 2.16. The van der Waals surface area contributed by atoms with Gasteiger partial charge in [-0.3, -0.25) is 9.69 Å². The second-order valence-electron chi connectivity index (χ2n) is 4.78. The first-order valence-electron chi connectivity index (χ1n) is 6.91. The largest absolute Gasteiger partial charge is 0.497 e. The lowest BCUT2D eigenvalue weighted by molar-refractivity contribution is -0.147. The van der Waals surface area contributed by atoms with Crippen LogP contribution in [0.15, 0.2) is 35.0 Å². The first-order chi connectivity index (χ1) is 11.0. The molecule has 2 rings (SSSR count). The zero-order valence-electron chi connectivity index (χ0n) is 13.4. The number of hydrogen-bond acceptors (Lipinski definition) is 6. The molecule has 1 aromatic rings. The Balaban J connectivity index is 2.30. The molecule has 6 nitrogen and oxygen atoms in total. The topological polar surface area (TPSA) is 68.2 Å². The molecule has 0 spiro atoms. The molecule has 23 heavy (non-hydrogen) atoms. The van der Waals surface area contributed by atoms with Gasteiger partial charge in [-0.1, -0.05) is 23.9 Å². The van der Waals surface area contributed by atoms with E-state index in [1.807, 2.05) is 12.1 Å². The number of thioether (sulfide) groups is 1.